The number of hydrogen-bond acceptors (Lipinski definition) is 4. The summed E-state index contributed by atoms with van der Waals surface area (Å²) in [6.07, 6.45) is -4.49. The number of nitrogens with one attached hydrogen (secondary N) is 1. The summed E-state index contributed by atoms with van der Waals surface area (Å²) in [6.45, 7) is 0.506. The van der Waals surface area contributed by atoms with Crippen LogP contribution in [-0.4, -0.2) is 39.1 Å². The molecule has 1 amide bonds. The van der Waals surface area contributed by atoms with Crippen molar-refractivity contribution in [2.75, 3.05) is 12.3 Å². The molecule has 2 aromatic carbocycles. The molecule has 1 N–H and O–H groups in total. The molecule has 1 aromatic heterocycles. The Labute approximate surface area is 168 Å². The highest BCUT2D eigenvalue weighted by atomic mass is 32.2. The number of alkyl halides is 3. The summed E-state index contributed by atoms with van der Waals surface area (Å²) in [5.41, 5.74) is 1.86. The van der Waals surface area contributed by atoms with Gasteiger partial charge in [0.2, 0.25) is 5.91 Å². The molecule has 1 heterocycles. The first kappa shape index (κ1) is 20.8. The molecule has 5 nitrogen and oxygen atoms in total. The molecule has 0 saturated heterocycles. The summed E-state index contributed by atoms with van der Waals surface area (Å²) < 4.78 is 52.6. The van der Waals surface area contributed by atoms with Crippen molar-refractivity contribution in [1.82, 2.24) is 20.1 Å². The zero-order valence-electron chi connectivity index (χ0n) is 15.2. The Morgan fingerprint density at radius 1 is 1.10 bits per heavy atom. The van der Waals surface area contributed by atoms with Crippen molar-refractivity contribution < 1.29 is 22.4 Å². The van der Waals surface area contributed by atoms with E-state index in [1.54, 1.807) is 40.2 Å². The largest absolute Gasteiger partial charge is 0.405 e. The second-order valence-electron chi connectivity index (χ2n) is 6.14. The predicted octanol–water partition coefficient (Wildman–Crippen LogP) is 4.15. The molecule has 3 aromatic rings. The second-order valence-corrected chi connectivity index (χ2v) is 7.08. The Morgan fingerprint density at radius 2 is 1.79 bits per heavy atom. The quantitative estimate of drug-likeness (QED) is 0.477. The normalized spacial score (nSPS) is 11.5. The van der Waals surface area contributed by atoms with Gasteiger partial charge in [-0.3, -0.25) is 9.36 Å². The van der Waals surface area contributed by atoms with E-state index >= 15 is 0 Å². The van der Waals surface area contributed by atoms with Gasteiger partial charge in [-0.25, -0.2) is 4.39 Å². The lowest BCUT2D eigenvalue weighted by molar-refractivity contribution is -0.136. The van der Waals surface area contributed by atoms with Gasteiger partial charge in [0.25, 0.3) is 0 Å². The topological polar surface area (TPSA) is 59.8 Å². The molecule has 0 radical (unpaired) electrons. The fraction of sp³-hybridized carbons (Fsp3) is 0.211. The maximum Gasteiger partial charge on any atom is 0.405 e. The van der Waals surface area contributed by atoms with E-state index in [0.717, 1.165) is 17.3 Å². The van der Waals surface area contributed by atoms with Gasteiger partial charge in [0.15, 0.2) is 11.0 Å². The zero-order valence-corrected chi connectivity index (χ0v) is 16.0. The van der Waals surface area contributed by atoms with E-state index in [1.165, 1.54) is 6.07 Å². The lowest BCUT2D eigenvalue weighted by atomic mass is 10.2. The van der Waals surface area contributed by atoms with Crippen molar-refractivity contribution >= 4 is 17.7 Å². The molecule has 0 spiro atoms. The van der Waals surface area contributed by atoms with Crippen molar-refractivity contribution in [1.29, 1.82) is 0 Å². The van der Waals surface area contributed by atoms with Crippen LogP contribution in [0.5, 0.6) is 0 Å². The van der Waals surface area contributed by atoms with Crippen LogP contribution >= 0.6 is 11.8 Å². The summed E-state index contributed by atoms with van der Waals surface area (Å²) in [6, 6.07) is 13.3. The summed E-state index contributed by atoms with van der Waals surface area (Å²) in [5, 5.41) is 10.1. The molecule has 0 saturated carbocycles. The number of aromatic nitrogens is 3. The predicted molar refractivity (Wildman–Crippen MR) is 101 cm³/mol. The van der Waals surface area contributed by atoms with Crippen LogP contribution in [-0.2, 0) is 4.79 Å². The average Bonchev–Trinajstić information content (AvgIpc) is 3.09. The van der Waals surface area contributed by atoms with Crippen LogP contribution in [0, 0.1) is 12.7 Å². The summed E-state index contributed by atoms with van der Waals surface area (Å²) in [5.74, 6) is -1.35. The van der Waals surface area contributed by atoms with Crippen molar-refractivity contribution in [3.05, 3.63) is 59.9 Å². The first-order valence-corrected chi connectivity index (χ1v) is 9.47. The number of hydrogen-bond donors (Lipinski definition) is 1. The van der Waals surface area contributed by atoms with E-state index in [0.29, 0.717) is 5.69 Å². The lowest BCUT2D eigenvalue weighted by Crippen LogP contribution is -2.34. The number of carbonyl (C=O) groups is 1. The Bertz CT molecular complexity index is 1000. The fourth-order valence-corrected chi connectivity index (χ4v) is 3.27. The Balaban J connectivity index is 1.90. The monoisotopic (exact) mass is 424 g/mol. The minimum Gasteiger partial charge on any atom is -0.346 e. The van der Waals surface area contributed by atoms with Gasteiger partial charge < -0.3 is 5.32 Å². The lowest BCUT2D eigenvalue weighted by Gasteiger charge is -2.11. The standard InChI is InChI=1S/C19H16F4N4OS/c1-12-6-8-13(9-7-12)27-17(14-4-2-3-5-15(14)20)25-26-18(27)29-10-16(28)24-11-19(21,22)23/h2-9H,10-11H2,1H3,(H,24,28). The maximum atomic E-state index is 14.3. The molecular weight excluding hydrogens is 408 g/mol. The molecule has 0 unspecified atom stereocenters. The molecule has 0 fully saturated rings. The summed E-state index contributed by atoms with van der Waals surface area (Å²) in [4.78, 5) is 11.7. The first-order chi connectivity index (χ1) is 13.7. The molecule has 3 rings (SSSR count). The molecule has 0 aliphatic rings. The van der Waals surface area contributed by atoms with Crippen LogP contribution in [0.4, 0.5) is 17.6 Å². The van der Waals surface area contributed by atoms with Crippen LogP contribution in [0.3, 0.4) is 0 Å². The molecule has 29 heavy (non-hydrogen) atoms. The van der Waals surface area contributed by atoms with Gasteiger partial charge in [0.1, 0.15) is 12.4 Å². The van der Waals surface area contributed by atoms with E-state index in [4.69, 9.17) is 0 Å². The number of amides is 1. The molecule has 10 heteroatoms. The number of carbonyl (C=O) groups excluding carboxylic acids is 1. The average molecular weight is 424 g/mol. The van der Waals surface area contributed by atoms with E-state index in [2.05, 4.69) is 10.2 Å². The van der Waals surface area contributed by atoms with Crippen molar-refractivity contribution in [2.45, 2.75) is 18.3 Å². The number of benzene rings is 2. The number of halogens is 4. The maximum absolute atomic E-state index is 14.3. The minimum atomic E-state index is -4.49. The van der Waals surface area contributed by atoms with Gasteiger partial charge in [0, 0.05) is 5.69 Å². The van der Waals surface area contributed by atoms with Crippen LogP contribution in [0.1, 0.15) is 5.56 Å². The number of aryl methyl sites for hydroxylation is 1. The van der Waals surface area contributed by atoms with Crippen molar-refractivity contribution in [3.63, 3.8) is 0 Å². The van der Waals surface area contributed by atoms with Gasteiger partial charge in [-0.1, -0.05) is 41.6 Å². The first-order valence-electron chi connectivity index (χ1n) is 8.48. The van der Waals surface area contributed by atoms with Gasteiger partial charge in [-0.2, -0.15) is 13.2 Å². The van der Waals surface area contributed by atoms with E-state index in [-0.39, 0.29) is 22.3 Å². The zero-order chi connectivity index (χ0) is 21.0. The Kier molecular flexibility index (Phi) is 6.21. The smallest absolute Gasteiger partial charge is 0.346 e. The van der Waals surface area contributed by atoms with Crippen molar-refractivity contribution in [3.8, 4) is 17.1 Å². The molecule has 0 bridgehead atoms. The second kappa shape index (κ2) is 8.64. The van der Waals surface area contributed by atoms with Crippen LogP contribution < -0.4 is 5.32 Å². The molecule has 152 valence electrons. The SMILES string of the molecule is Cc1ccc(-n2c(SCC(=O)NCC(F)(F)F)nnc2-c2ccccc2F)cc1. The van der Waals surface area contributed by atoms with Gasteiger partial charge in [-0.15, -0.1) is 10.2 Å². The Morgan fingerprint density at radius 3 is 2.45 bits per heavy atom. The number of rotatable bonds is 6. The van der Waals surface area contributed by atoms with E-state index in [9.17, 15) is 22.4 Å². The highest BCUT2D eigenvalue weighted by Crippen LogP contribution is 2.29. The molecular formula is C19H16F4N4OS. The van der Waals surface area contributed by atoms with Gasteiger partial charge in [-0.05, 0) is 31.2 Å². The van der Waals surface area contributed by atoms with Gasteiger partial charge in [0.05, 0.1) is 11.3 Å². The third-order valence-corrected chi connectivity index (χ3v) is 4.79. The molecule has 0 atom stereocenters. The van der Waals surface area contributed by atoms with Crippen molar-refractivity contribution in [2.24, 2.45) is 0 Å². The van der Waals surface area contributed by atoms with Crippen LogP contribution in [0.15, 0.2) is 53.7 Å². The third kappa shape index (κ3) is 5.35. The van der Waals surface area contributed by atoms with E-state index < -0.39 is 24.4 Å². The minimum absolute atomic E-state index is 0.217. The molecule has 0 aliphatic heterocycles. The van der Waals surface area contributed by atoms with E-state index in [1.807, 2.05) is 19.1 Å². The third-order valence-electron chi connectivity index (χ3n) is 3.86. The highest BCUT2D eigenvalue weighted by molar-refractivity contribution is 7.99. The number of thioether (sulfide) groups is 1. The Hall–Kier alpha value is -2.88. The van der Waals surface area contributed by atoms with Gasteiger partial charge >= 0.3 is 6.18 Å². The summed E-state index contributed by atoms with van der Waals surface area (Å²) >= 11 is 0.914. The fourth-order valence-electron chi connectivity index (χ4n) is 2.49. The van der Waals surface area contributed by atoms with Crippen LogP contribution in [0.25, 0.3) is 17.1 Å². The summed E-state index contributed by atoms with van der Waals surface area (Å²) in [7, 11) is 0. The highest BCUT2D eigenvalue weighted by Gasteiger charge is 2.28. The molecule has 0 aliphatic carbocycles. The van der Waals surface area contributed by atoms with Crippen LogP contribution in [0.2, 0.25) is 0 Å². The number of nitrogens with zero attached hydrogens (tertiary/aromatic N) is 3.